The van der Waals surface area contributed by atoms with Gasteiger partial charge in [-0.3, -0.25) is 4.79 Å². The first-order valence-electron chi connectivity index (χ1n) is 10.8. The van der Waals surface area contributed by atoms with E-state index in [2.05, 4.69) is 6.07 Å². The highest BCUT2D eigenvalue weighted by molar-refractivity contribution is 6.03. The maximum Gasteiger partial charge on any atom is 0.340 e. The molecule has 8 nitrogen and oxygen atoms in total. The molecular weight excluding hydrogens is 436 g/mol. The van der Waals surface area contributed by atoms with E-state index in [1.54, 1.807) is 30.3 Å². The van der Waals surface area contributed by atoms with Gasteiger partial charge in [-0.15, -0.1) is 0 Å². The maximum atomic E-state index is 12.9. The minimum Gasteiger partial charge on any atom is -0.493 e. The van der Waals surface area contributed by atoms with Gasteiger partial charge < -0.3 is 24.7 Å². The SMILES string of the molecule is COC(=O)C1=C(N)OC2=C(C(=O)CCC2)[C@H]1c1ccc(OCc2ccccc2C#N)c(OC)c1. The summed E-state index contributed by atoms with van der Waals surface area (Å²) in [6, 6.07) is 14.5. The van der Waals surface area contributed by atoms with Crippen LogP contribution in [0.4, 0.5) is 0 Å². The molecule has 34 heavy (non-hydrogen) atoms. The van der Waals surface area contributed by atoms with Crippen molar-refractivity contribution in [3.8, 4) is 17.6 Å². The molecule has 0 aromatic heterocycles. The number of carbonyl (C=O) groups is 2. The Morgan fingerprint density at radius 3 is 2.71 bits per heavy atom. The first kappa shape index (κ1) is 22.9. The Balaban J connectivity index is 1.72. The van der Waals surface area contributed by atoms with Crippen LogP contribution in [0, 0.1) is 11.3 Å². The molecular formula is C26H24N2O6. The number of nitriles is 1. The van der Waals surface area contributed by atoms with Gasteiger partial charge in [0.05, 0.1) is 31.8 Å². The molecule has 4 rings (SSSR count). The summed E-state index contributed by atoms with van der Waals surface area (Å²) in [5, 5.41) is 9.30. The van der Waals surface area contributed by atoms with E-state index < -0.39 is 11.9 Å². The van der Waals surface area contributed by atoms with Crippen LogP contribution in [0.25, 0.3) is 0 Å². The fourth-order valence-corrected chi connectivity index (χ4v) is 4.29. The van der Waals surface area contributed by atoms with Gasteiger partial charge in [0.15, 0.2) is 17.3 Å². The molecule has 1 aliphatic carbocycles. The fourth-order valence-electron chi connectivity index (χ4n) is 4.29. The van der Waals surface area contributed by atoms with Crippen LogP contribution >= 0.6 is 0 Å². The van der Waals surface area contributed by atoms with Crippen LogP contribution in [-0.2, 0) is 25.7 Å². The third-order valence-corrected chi connectivity index (χ3v) is 5.93. The van der Waals surface area contributed by atoms with E-state index in [1.165, 1.54) is 14.2 Å². The summed E-state index contributed by atoms with van der Waals surface area (Å²) >= 11 is 0. The van der Waals surface area contributed by atoms with Gasteiger partial charge in [0.2, 0.25) is 5.88 Å². The quantitative estimate of drug-likeness (QED) is 0.649. The second-order valence-electron chi connectivity index (χ2n) is 7.89. The molecule has 0 amide bonds. The van der Waals surface area contributed by atoms with E-state index in [0.29, 0.717) is 53.2 Å². The Kier molecular flexibility index (Phi) is 6.55. The Labute approximate surface area is 197 Å². The highest BCUT2D eigenvalue weighted by Gasteiger charge is 2.41. The number of hydrogen-bond donors (Lipinski definition) is 1. The van der Waals surface area contributed by atoms with Gasteiger partial charge in [-0.05, 0) is 30.2 Å². The third kappa shape index (κ3) is 4.20. The zero-order valence-electron chi connectivity index (χ0n) is 18.9. The number of hydrogen-bond acceptors (Lipinski definition) is 8. The van der Waals surface area contributed by atoms with Gasteiger partial charge in [0.25, 0.3) is 0 Å². The predicted molar refractivity (Wildman–Crippen MR) is 121 cm³/mol. The fraction of sp³-hybridized carbons (Fsp3) is 0.269. The van der Waals surface area contributed by atoms with Crippen LogP contribution in [0.5, 0.6) is 11.5 Å². The van der Waals surface area contributed by atoms with Crippen molar-refractivity contribution in [3.05, 3.63) is 81.9 Å². The molecule has 0 bridgehead atoms. The van der Waals surface area contributed by atoms with E-state index in [0.717, 1.165) is 5.56 Å². The highest BCUT2D eigenvalue weighted by atomic mass is 16.5. The molecule has 0 unspecified atom stereocenters. The molecule has 2 aromatic carbocycles. The summed E-state index contributed by atoms with van der Waals surface area (Å²) < 4.78 is 22.1. The number of ether oxygens (including phenoxy) is 4. The number of methoxy groups -OCH3 is 2. The van der Waals surface area contributed by atoms with Crippen molar-refractivity contribution in [3.63, 3.8) is 0 Å². The number of ketones is 1. The molecule has 0 radical (unpaired) electrons. The van der Waals surface area contributed by atoms with Gasteiger partial charge >= 0.3 is 5.97 Å². The first-order valence-corrected chi connectivity index (χ1v) is 10.8. The zero-order valence-corrected chi connectivity index (χ0v) is 18.9. The molecule has 1 atom stereocenters. The van der Waals surface area contributed by atoms with Crippen molar-refractivity contribution >= 4 is 11.8 Å². The number of rotatable bonds is 6. The Morgan fingerprint density at radius 1 is 1.18 bits per heavy atom. The van der Waals surface area contributed by atoms with Crippen LogP contribution in [-0.4, -0.2) is 26.0 Å². The largest absolute Gasteiger partial charge is 0.493 e. The van der Waals surface area contributed by atoms with E-state index in [4.69, 9.17) is 24.7 Å². The molecule has 0 spiro atoms. The second kappa shape index (κ2) is 9.71. The molecule has 0 saturated heterocycles. The number of carbonyl (C=O) groups excluding carboxylic acids is 2. The number of nitrogens with two attached hydrogens (primary N) is 1. The van der Waals surface area contributed by atoms with Gasteiger partial charge in [0.1, 0.15) is 17.9 Å². The third-order valence-electron chi connectivity index (χ3n) is 5.93. The van der Waals surface area contributed by atoms with Gasteiger partial charge in [-0.2, -0.15) is 5.26 Å². The average Bonchev–Trinajstić information content (AvgIpc) is 2.86. The van der Waals surface area contributed by atoms with Gasteiger partial charge in [0, 0.05) is 24.0 Å². The number of Topliss-reactive ketones (excluding diaryl/α,β-unsaturated/α-hetero) is 1. The molecule has 8 heteroatoms. The normalized spacial score (nSPS) is 17.4. The summed E-state index contributed by atoms with van der Waals surface area (Å²) in [4.78, 5) is 25.5. The van der Waals surface area contributed by atoms with Crippen LogP contribution in [0.1, 0.15) is 41.9 Å². The smallest absolute Gasteiger partial charge is 0.340 e. The number of allylic oxidation sites excluding steroid dienone is 2. The molecule has 2 N–H and O–H groups in total. The summed E-state index contributed by atoms with van der Waals surface area (Å²) in [6.07, 6.45) is 1.58. The minimum atomic E-state index is -0.744. The monoisotopic (exact) mass is 460 g/mol. The lowest BCUT2D eigenvalue weighted by atomic mass is 9.77. The summed E-state index contributed by atoms with van der Waals surface area (Å²) in [7, 11) is 2.75. The van der Waals surface area contributed by atoms with Crippen molar-refractivity contribution in [1.29, 1.82) is 5.26 Å². The summed E-state index contributed by atoms with van der Waals surface area (Å²) in [5.74, 6) is -0.228. The van der Waals surface area contributed by atoms with Crippen LogP contribution in [0.15, 0.2) is 65.3 Å². The van der Waals surface area contributed by atoms with Crippen molar-refractivity contribution < 1.29 is 28.5 Å². The van der Waals surface area contributed by atoms with Crippen LogP contribution in [0.2, 0.25) is 0 Å². The topological polar surface area (TPSA) is 121 Å². The van der Waals surface area contributed by atoms with Gasteiger partial charge in [-0.1, -0.05) is 24.3 Å². The van der Waals surface area contributed by atoms with Crippen LogP contribution < -0.4 is 15.2 Å². The number of benzene rings is 2. The minimum absolute atomic E-state index is 0.0716. The predicted octanol–water partition coefficient (Wildman–Crippen LogP) is 3.61. The lowest BCUT2D eigenvalue weighted by molar-refractivity contribution is -0.136. The van der Waals surface area contributed by atoms with Crippen molar-refractivity contribution in [2.75, 3.05) is 14.2 Å². The zero-order chi connectivity index (χ0) is 24.2. The second-order valence-corrected chi connectivity index (χ2v) is 7.89. The Hall–Kier alpha value is -4.25. The van der Waals surface area contributed by atoms with E-state index in [-0.39, 0.29) is 23.8 Å². The maximum absolute atomic E-state index is 12.9. The molecule has 2 aliphatic rings. The number of nitrogens with zero attached hydrogens (tertiary/aromatic N) is 1. The Bertz CT molecular complexity index is 1250. The lowest BCUT2D eigenvalue weighted by Gasteiger charge is -2.32. The molecule has 0 fully saturated rings. The molecule has 174 valence electrons. The van der Waals surface area contributed by atoms with E-state index in [9.17, 15) is 14.9 Å². The van der Waals surface area contributed by atoms with E-state index >= 15 is 0 Å². The highest BCUT2D eigenvalue weighted by Crippen LogP contribution is 2.45. The van der Waals surface area contributed by atoms with Crippen LogP contribution in [0.3, 0.4) is 0 Å². The number of esters is 1. The lowest BCUT2D eigenvalue weighted by Crippen LogP contribution is -2.31. The molecule has 1 heterocycles. The van der Waals surface area contributed by atoms with Crippen molar-refractivity contribution in [1.82, 2.24) is 0 Å². The molecule has 0 saturated carbocycles. The standard InChI is InChI=1S/C26H24N2O6/c1-31-21-12-15(10-11-19(21)33-14-17-7-4-3-6-16(17)13-27)22-23-18(29)8-5-9-20(23)34-25(28)24(22)26(30)32-2/h3-4,6-7,10-12,22H,5,8-9,14,28H2,1-2H3/t22-/m1/s1. The van der Waals surface area contributed by atoms with Gasteiger partial charge in [-0.25, -0.2) is 4.79 Å². The van der Waals surface area contributed by atoms with Crippen molar-refractivity contribution in [2.45, 2.75) is 31.8 Å². The average molecular weight is 460 g/mol. The summed E-state index contributed by atoms with van der Waals surface area (Å²) in [5.41, 5.74) is 8.49. The molecule has 1 aliphatic heterocycles. The Morgan fingerprint density at radius 2 is 1.97 bits per heavy atom. The van der Waals surface area contributed by atoms with E-state index in [1.807, 2.05) is 12.1 Å². The summed E-state index contributed by atoms with van der Waals surface area (Å²) in [6.45, 7) is 0.171. The first-order chi connectivity index (χ1) is 16.5. The van der Waals surface area contributed by atoms with Crippen molar-refractivity contribution in [2.24, 2.45) is 5.73 Å². The molecule has 2 aromatic rings.